The van der Waals surface area contributed by atoms with Crippen LogP contribution in [0.25, 0.3) is 0 Å². The average Bonchev–Trinajstić information content (AvgIpc) is 2.23. The van der Waals surface area contributed by atoms with Gasteiger partial charge < -0.3 is 5.73 Å². The molecule has 1 rings (SSSR count). The van der Waals surface area contributed by atoms with Gasteiger partial charge in [0.15, 0.2) is 0 Å². The van der Waals surface area contributed by atoms with Gasteiger partial charge in [-0.3, -0.25) is 0 Å². The quantitative estimate of drug-likeness (QED) is 0.893. The SMILES string of the molecule is CCC(C)C(C)(N)Cc1cccc(F)c1Br. The van der Waals surface area contributed by atoms with Crippen LogP contribution in [0, 0.1) is 11.7 Å². The van der Waals surface area contributed by atoms with Crippen LogP contribution >= 0.6 is 15.9 Å². The summed E-state index contributed by atoms with van der Waals surface area (Å²) >= 11 is 3.27. The van der Waals surface area contributed by atoms with E-state index in [-0.39, 0.29) is 11.4 Å². The summed E-state index contributed by atoms with van der Waals surface area (Å²) in [5.74, 6) is 0.181. The summed E-state index contributed by atoms with van der Waals surface area (Å²) in [5, 5.41) is 0. The van der Waals surface area contributed by atoms with Crippen molar-refractivity contribution in [2.24, 2.45) is 11.7 Å². The van der Waals surface area contributed by atoms with Gasteiger partial charge in [-0.15, -0.1) is 0 Å². The van der Waals surface area contributed by atoms with Crippen LogP contribution in [0.4, 0.5) is 4.39 Å². The highest BCUT2D eigenvalue weighted by molar-refractivity contribution is 9.10. The van der Waals surface area contributed by atoms with Crippen molar-refractivity contribution >= 4 is 15.9 Å². The molecule has 3 heteroatoms. The first-order valence-corrected chi connectivity index (χ1v) is 6.39. The van der Waals surface area contributed by atoms with Crippen molar-refractivity contribution in [3.05, 3.63) is 34.1 Å². The van der Waals surface area contributed by atoms with Crippen molar-refractivity contribution in [3.8, 4) is 0 Å². The summed E-state index contributed by atoms with van der Waals surface area (Å²) < 4.78 is 13.9. The molecule has 0 radical (unpaired) electrons. The first kappa shape index (κ1) is 13.7. The molecule has 0 amide bonds. The standard InChI is InChI=1S/C13H19BrFN/c1-4-9(2)13(3,16)8-10-6-5-7-11(15)12(10)14/h5-7,9H,4,8,16H2,1-3H3. The molecule has 90 valence electrons. The normalized spacial score (nSPS) is 16.9. The molecule has 0 aromatic heterocycles. The number of halogens is 2. The van der Waals surface area contributed by atoms with Crippen LogP contribution in [0.2, 0.25) is 0 Å². The van der Waals surface area contributed by atoms with E-state index in [4.69, 9.17) is 5.73 Å². The lowest BCUT2D eigenvalue weighted by atomic mass is 9.81. The maximum Gasteiger partial charge on any atom is 0.137 e. The summed E-state index contributed by atoms with van der Waals surface area (Å²) in [6, 6.07) is 5.09. The van der Waals surface area contributed by atoms with E-state index in [0.29, 0.717) is 16.8 Å². The van der Waals surface area contributed by atoms with Gasteiger partial charge in [-0.05, 0) is 46.8 Å². The molecule has 0 aliphatic heterocycles. The Bertz CT molecular complexity index is 363. The minimum atomic E-state index is -0.301. The fraction of sp³-hybridized carbons (Fsp3) is 0.538. The van der Waals surface area contributed by atoms with Crippen molar-refractivity contribution < 1.29 is 4.39 Å². The van der Waals surface area contributed by atoms with Gasteiger partial charge in [0, 0.05) is 5.54 Å². The van der Waals surface area contributed by atoms with Crippen LogP contribution in [0.1, 0.15) is 32.8 Å². The molecule has 0 bridgehead atoms. The van der Waals surface area contributed by atoms with Crippen LogP contribution in [0.5, 0.6) is 0 Å². The molecule has 1 aromatic carbocycles. The minimum absolute atomic E-state index is 0.225. The van der Waals surface area contributed by atoms with Crippen molar-refractivity contribution in [2.75, 3.05) is 0 Å². The topological polar surface area (TPSA) is 26.0 Å². The molecule has 0 heterocycles. The van der Waals surface area contributed by atoms with Gasteiger partial charge >= 0.3 is 0 Å². The van der Waals surface area contributed by atoms with Crippen molar-refractivity contribution in [2.45, 2.75) is 39.2 Å². The molecule has 2 unspecified atom stereocenters. The lowest BCUT2D eigenvalue weighted by Crippen LogP contribution is -2.44. The van der Waals surface area contributed by atoms with Crippen molar-refractivity contribution in [3.63, 3.8) is 0 Å². The van der Waals surface area contributed by atoms with Gasteiger partial charge in [-0.2, -0.15) is 0 Å². The van der Waals surface area contributed by atoms with Gasteiger partial charge in [-0.1, -0.05) is 32.4 Å². The Morgan fingerprint density at radius 3 is 2.69 bits per heavy atom. The predicted molar refractivity (Wildman–Crippen MR) is 69.9 cm³/mol. The molecular weight excluding hydrogens is 269 g/mol. The fourth-order valence-electron chi connectivity index (χ4n) is 1.74. The highest BCUT2D eigenvalue weighted by Gasteiger charge is 2.26. The van der Waals surface area contributed by atoms with E-state index in [0.717, 1.165) is 12.0 Å². The van der Waals surface area contributed by atoms with E-state index in [9.17, 15) is 4.39 Å². The van der Waals surface area contributed by atoms with Crippen LogP contribution in [-0.2, 0) is 6.42 Å². The Hall–Kier alpha value is -0.410. The lowest BCUT2D eigenvalue weighted by Gasteiger charge is -2.31. The summed E-state index contributed by atoms with van der Waals surface area (Å²) in [6.07, 6.45) is 1.71. The first-order valence-electron chi connectivity index (χ1n) is 5.60. The van der Waals surface area contributed by atoms with Crippen LogP contribution < -0.4 is 5.73 Å². The fourth-order valence-corrected chi connectivity index (χ4v) is 2.14. The molecule has 0 saturated heterocycles. The number of hydrogen-bond donors (Lipinski definition) is 1. The minimum Gasteiger partial charge on any atom is -0.325 e. The molecule has 0 fully saturated rings. The molecule has 2 atom stereocenters. The van der Waals surface area contributed by atoms with Gasteiger partial charge in [0.05, 0.1) is 4.47 Å². The monoisotopic (exact) mass is 287 g/mol. The van der Waals surface area contributed by atoms with Gasteiger partial charge in [-0.25, -0.2) is 4.39 Å². The Kier molecular flexibility index (Phi) is 4.51. The predicted octanol–water partition coefficient (Wildman–Crippen LogP) is 3.89. The third-order valence-corrected chi connectivity index (χ3v) is 4.23. The number of nitrogens with two attached hydrogens (primary N) is 1. The van der Waals surface area contributed by atoms with E-state index in [1.807, 2.05) is 13.0 Å². The van der Waals surface area contributed by atoms with E-state index in [1.165, 1.54) is 6.07 Å². The second-order valence-electron chi connectivity index (χ2n) is 4.70. The average molecular weight is 288 g/mol. The van der Waals surface area contributed by atoms with Crippen LogP contribution in [0.3, 0.4) is 0 Å². The molecule has 0 saturated carbocycles. The first-order chi connectivity index (χ1) is 7.38. The zero-order chi connectivity index (χ0) is 12.3. The molecule has 2 N–H and O–H groups in total. The summed E-state index contributed by atoms with van der Waals surface area (Å²) in [7, 11) is 0. The molecule has 0 aliphatic carbocycles. The third-order valence-electron chi connectivity index (χ3n) is 3.34. The second-order valence-corrected chi connectivity index (χ2v) is 5.50. The Morgan fingerprint density at radius 1 is 1.50 bits per heavy atom. The molecule has 16 heavy (non-hydrogen) atoms. The summed E-state index contributed by atoms with van der Waals surface area (Å²) in [5.41, 5.74) is 6.91. The van der Waals surface area contributed by atoms with Crippen LogP contribution in [-0.4, -0.2) is 5.54 Å². The van der Waals surface area contributed by atoms with Crippen molar-refractivity contribution in [1.29, 1.82) is 0 Å². The van der Waals surface area contributed by atoms with Crippen LogP contribution in [0.15, 0.2) is 22.7 Å². The summed E-state index contributed by atoms with van der Waals surface area (Å²) in [4.78, 5) is 0. The Labute approximate surface area is 105 Å². The largest absolute Gasteiger partial charge is 0.325 e. The van der Waals surface area contributed by atoms with Gasteiger partial charge in [0.1, 0.15) is 5.82 Å². The Balaban J connectivity index is 2.92. The lowest BCUT2D eigenvalue weighted by molar-refractivity contribution is 0.306. The van der Waals surface area contributed by atoms with Gasteiger partial charge in [0.2, 0.25) is 0 Å². The molecule has 1 nitrogen and oxygen atoms in total. The molecule has 0 aliphatic rings. The van der Waals surface area contributed by atoms with E-state index in [2.05, 4.69) is 29.8 Å². The summed E-state index contributed by atoms with van der Waals surface area (Å²) in [6.45, 7) is 6.28. The smallest absolute Gasteiger partial charge is 0.137 e. The zero-order valence-corrected chi connectivity index (χ0v) is 11.6. The maximum atomic E-state index is 13.3. The zero-order valence-electron chi connectivity index (χ0n) is 10.1. The number of benzene rings is 1. The number of rotatable bonds is 4. The second kappa shape index (κ2) is 5.28. The highest BCUT2D eigenvalue weighted by Crippen LogP contribution is 2.27. The van der Waals surface area contributed by atoms with E-state index >= 15 is 0 Å². The molecule has 1 aromatic rings. The Morgan fingerprint density at radius 2 is 2.12 bits per heavy atom. The molecular formula is C13H19BrFN. The maximum absolute atomic E-state index is 13.3. The third kappa shape index (κ3) is 3.05. The molecule has 0 spiro atoms. The van der Waals surface area contributed by atoms with E-state index < -0.39 is 0 Å². The highest BCUT2D eigenvalue weighted by atomic mass is 79.9. The van der Waals surface area contributed by atoms with Crippen molar-refractivity contribution in [1.82, 2.24) is 0 Å². The van der Waals surface area contributed by atoms with Gasteiger partial charge in [0.25, 0.3) is 0 Å². The number of hydrogen-bond acceptors (Lipinski definition) is 1. The van der Waals surface area contributed by atoms with E-state index in [1.54, 1.807) is 6.07 Å².